The highest BCUT2D eigenvalue weighted by Gasteiger charge is 2.66. The first kappa shape index (κ1) is 11.7. The maximum Gasteiger partial charge on any atom is 0.233 e. The highest BCUT2D eigenvalue weighted by atomic mass is 35.5. The number of amides is 2. The zero-order valence-electron chi connectivity index (χ0n) is 9.54. The van der Waals surface area contributed by atoms with Crippen LogP contribution in [0.3, 0.4) is 0 Å². The van der Waals surface area contributed by atoms with Crippen molar-refractivity contribution in [2.24, 2.45) is 17.8 Å². The minimum atomic E-state index is -0.290. The van der Waals surface area contributed by atoms with E-state index in [4.69, 9.17) is 16.7 Å². The molecule has 0 spiro atoms. The summed E-state index contributed by atoms with van der Waals surface area (Å²) < 4.78 is 0. The number of carbonyl (C=O) groups excluding carboxylic acids is 2. The van der Waals surface area contributed by atoms with Gasteiger partial charge in [0.25, 0.3) is 0 Å². The number of piperidine rings is 1. The second-order valence-electron chi connectivity index (χ2n) is 4.79. The largest absolute Gasteiger partial charge is 0.396 e. The lowest BCUT2D eigenvalue weighted by Crippen LogP contribution is -2.34. The quantitative estimate of drug-likeness (QED) is 0.832. The van der Waals surface area contributed by atoms with Crippen molar-refractivity contribution >= 4 is 23.4 Å². The van der Waals surface area contributed by atoms with Gasteiger partial charge in [-0.3, -0.25) is 14.5 Å². The van der Waals surface area contributed by atoms with Crippen molar-refractivity contribution in [3.63, 3.8) is 0 Å². The third-order valence-electron chi connectivity index (χ3n) is 3.71. The summed E-state index contributed by atoms with van der Waals surface area (Å²) in [7, 11) is 0. The maximum atomic E-state index is 12.0. The van der Waals surface area contributed by atoms with Crippen LogP contribution in [-0.2, 0) is 16.1 Å². The van der Waals surface area contributed by atoms with Crippen molar-refractivity contribution in [1.29, 1.82) is 0 Å². The smallest absolute Gasteiger partial charge is 0.233 e. The van der Waals surface area contributed by atoms with Gasteiger partial charge in [0.2, 0.25) is 11.8 Å². The summed E-state index contributed by atoms with van der Waals surface area (Å²) >= 11 is 5.86. The molecule has 1 aliphatic heterocycles. The van der Waals surface area contributed by atoms with Gasteiger partial charge in [0.15, 0.2) is 0 Å². The van der Waals surface area contributed by atoms with E-state index in [1.165, 1.54) is 4.90 Å². The molecule has 0 radical (unpaired) electrons. The topological polar surface area (TPSA) is 57.6 Å². The molecule has 1 aromatic rings. The number of aliphatic hydroxyl groups excluding tert-OH is 1. The van der Waals surface area contributed by atoms with Crippen LogP contribution < -0.4 is 0 Å². The monoisotopic (exact) mass is 265 g/mol. The summed E-state index contributed by atoms with van der Waals surface area (Å²) in [5, 5.41) is 9.61. The first-order chi connectivity index (χ1) is 8.63. The van der Waals surface area contributed by atoms with Gasteiger partial charge in [-0.05, 0) is 17.7 Å². The molecule has 0 aromatic heterocycles. The first-order valence-corrected chi connectivity index (χ1v) is 6.22. The summed E-state index contributed by atoms with van der Waals surface area (Å²) in [6, 6.07) is 7.12. The SMILES string of the molecule is O=C1C2C(CO)C2C(=O)N1Cc1cccc(Cl)c1. The van der Waals surface area contributed by atoms with Gasteiger partial charge in [0.1, 0.15) is 0 Å². The molecule has 4 nitrogen and oxygen atoms in total. The number of rotatable bonds is 3. The van der Waals surface area contributed by atoms with Gasteiger partial charge in [0.05, 0.1) is 18.4 Å². The number of benzene rings is 1. The van der Waals surface area contributed by atoms with Gasteiger partial charge in [-0.1, -0.05) is 23.7 Å². The van der Waals surface area contributed by atoms with Crippen molar-refractivity contribution in [2.45, 2.75) is 6.54 Å². The summed E-state index contributed by atoms with van der Waals surface area (Å²) in [6.45, 7) is 0.182. The Bertz CT molecular complexity index is 509. The fourth-order valence-corrected chi connectivity index (χ4v) is 2.93. The Balaban J connectivity index is 1.76. The van der Waals surface area contributed by atoms with Crippen molar-refractivity contribution in [3.8, 4) is 0 Å². The van der Waals surface area contributed by atoms with Gasteiger partial charge in [-0.2, -0.15) is 0 Å². The minimum absolute atomic E-state index is 0.0855. The van der Waals surface area contributed by atoms with Gasteiger partial charge in [-0.15, -0.1) is 0 Å². The number of aliphatic hydroxyl groups is 1. The van der Waals surface area contributed by atoms with Crippen molar-refractivity contribution in [1.82, 2.24) is 4.90 Å². The van der Waals surface area contributed by atoms with E-state index in [9.17, 15) is 9.59 Å². The molecule has 2 fully saturated rings. The number of hydrogen-bond donors (Lipinski definition) is 1. The predicted molar refractivity (Wildman–Crippen MR) is 64.6 cm³/mol. The van der Waals surface area contributed by atoms with Crippen LogP contribution in [0.25, 0.3) is 0 Å². The van der Waals surface area contributed by atoms with Gasteiger partial charge >= 0.3 is 0 Å². The number of likely N-dealkylation sites (tertiary alicyclic amines) is 1. The van der Waals surface area contributed by atoms with E-state index in [-0.39, 0.29) is 42.7 Å². The molecule has 1 aliphatic carbocycles. The molecule has 2 unspecified atom stereocenters. The molecule has 2 amide bonds. The Morgan fingerprint density at radius 2 is 1.89 bits per heavy atom. The molecular formula is C13H12ClNO3. The predicted octanol–water partition coefficient (Wildman–Crippen LogP) is 1.06. The van der Waals surface area contributed by atoms with Crippen LogP contribution in [0.5, 0.6) is 0 Å². The lowest BCUT2D eigenvalue weighted by molar-refractivity contribution is -0.143. The molecule has 2 aliphatic rings. The Kier molecular flexibility index (Phi) is 2.64. The van der Waals surface area contributed by atoms with Gasteiger partial charge < -0.3 is 5.11 Å². The molecule has 1 heterocycles. The lowest BCUT2D eigenvalue weighted by atomic mass is 10.2. The lowest BCUT2D eigenvalue weighted by Gasteiger charge is -2.18. The van der Waals surface area contributed by atoms with Crippen LogP contribution in [0.15, 0.2) is 24.3 Å². The van der Waals surface area contributed by atoms with Crippen LogP contribution in [0, 0.1) is 17.8 Å². The van der Waals surface area contributed by atoms with Crippen LogP contribution in [0.2, 0.25) is 5.02 Å². The first-order valence-electron chi connectivity index (χ1n) is 5.84. The van der Waals surface area contributed by atoms with E-state index < -0.39 is 0 Å². The van der Waals surface area contributed by atoms with E-state index in [1.54, 1.807) is 18.2 Å². The third kappa shape index (κ3) is 1.64. The molecule has 1 saturated heterocycles. The Morgan fingerprint density at radius 3 is 2.44 bits per heavy atom. The molecule has 18 heavy (non-hydrogen) atoms. The fraction of sp³-hybridized carbons (Fsp3) is 0.385. The zero-order chi connectivity index (χ0) is 12.9. The zero-order valence-corrected chi connectivity index (χ0v) is 10.3. The second-order valence-corrected chi connectivity index (χ2v) is 5.23. The third-order valence-corrected chi connectivity index (χ3v) is 3.95. The molecule has 1 saturated carbocycles. The number of nitrogens with zero attached hydrogens (tertiary/aromatic N) is 1. The molecule has 3 rings (SSSR count). The van der Waals surface area contributed by atoms with E-state index in [0.29, 0.717) is 5.02 Å². The highest BCUT2D eigenvalue weighted by Crippen LogP contribution is 2.53. The van der Waals surface area contributed by atoms with Crippen LogP contribution >= 0.6 is 11.6 Å². The van der Waals surface area contributed by atoms with Crippen molar-refractivity contribution in [2.75, 3.05) is 6.61 Å². The van der Waals surface area contributed by atoms with E-state index >= 15 is 0 Å². The van der Waals surface area contributed by atoms with Crippen LogP contribution in [-0.4, -0.2) is 28.4 Å². The van der Waals surface area contributed by atoms with Crippen LogP contribution in [0.4, 0.5) is 0 Å². The van der Waals surface area contributed by atoms with E-state index in [0.717, 1.165) is 5.56 Å². The number of carbonyl (C=O) groups is 2. The summed E-state index contributed by atoms with van der Waals surface area (Å²) in [6.07, 6.45) is 0. The average molecular weight is 266 g/mol. The van der Waals surface area contributed by atoms with Crippen LogP contribution in [0.1, 0.15) is 5.56 Å². The molecular weight excluding hydrogens is 254 g/mol. The molecule has 0 bridgehead atoms. The van der Waals surface area contributed by atoms with Crippen molar-refractivity contribution < 1.29 is 14.7 Å². The molecule has 2 atom stereocenters. The standard InChI is InChI=1S/C13H12ClNO3/c14-8-3-1-2-7(4-8)5-15-12(17)10-9(6-16)11(10)13(15)18/h1-4,9-11,16H,5-6H2. The average Bonchev–Trinajstić information content (AvgIpc) is 3.03. The summed E-state index contributed by atoms with van der Waals surface area (Å²) in [5.74, 6) is -1.06. The Morgan fingerprint density at radius 1 is 1.22 bits per heavy atom. The maximum absolute atomic E-state index is 12.0. The molecule has 1 aromatic carbocycles. The number of fused-ring (bicyclic) bond motifs is 1. The van der Waals surface area contributed by atoms with Gasteiger partial charge in [-0.25, -0.2) is 0 Å². The number of imide groups is 1. The fourth-order valence-electron chi connectivity index (χ4n) is 2.72. The highest BCUT2D eigenvalue weighted by molar-refractivity contribution is 6.30. The number of halogens is 1. The molecule has 1 N–H and O–H groups in total. The second kappa shape index (κ2) is 4.07. The minimum Gasteiger partial charge on any atom is -0.396 e. The summed E-state index contributed by atoms with van der Waals surface area (Å²) in [4.78, 5) is 25.2. The molecule has 5 heteroatoms. The van der Waals surface area contributed by atoms with E-state index in [2.05, 4.69) is 0 Å². The summed E-state index contributed by atoms with van der Waals surface area (Å²) in [5.41, 5.74) is 0.839. The van der Waals surface area contributed by atoms with E-state index in [1.807, 2.05) is 6.07 Å². The normalized spacial score (nSPS) is 29.7. The van der Waals surface area contributed by atoms with Gasteiger partial charge in [0, 0.05) is 17.5 Å². The Hall–Kier alpha value is -1.39. The Labute approximate surface area is 109 Å². The molecule has 94 valence electrons. The van der Waals surface area contributed by atoms with Crippen molar-refractivity contribution in [3.05, 3.63) is 34.9 Å². The number of hydrogen-bond acceptors (Lipinski definition) is 3.